The predicted molar refractivity (Wildman–Crippen MR) is 86.1 cm³/mol. The lowest BCUT2D eigenvalue weighted by Gasteiger charge is -2.25. The van der Waals surface area contributed by atoms with Crippen LogP contribution in [0.5, 0.6) is 0 Å². The highest BCUT2D eigenvalue weighted by molar-refractivity contribution is 7.92. The van der Waals surface area contributed by atoms with E-state index in [0.29, 0.717) is 0 Å². The maximum absolute atomic E-state index is 12.2. The number of sulfone groups is 1. The lowest BCUT2D eigenvalue weighted by atomic mass is 9.98. The Bertz CT molecular complexity index is 738. The van der Waals surface area contributed by atoms with Crippen molar-refractivity contribution in [1.29, 1.82) is 0 Å². The van der Waals surface area contributed by atoms with Crippen LogP contribution in [0.25, 0.3) is 0 Å². The van der Waals surface area contributed by atoms with E-state index in [-0.39, 0.29) is 23.3 Å². The smallest absolute Gasteiger partial charge is 0.303 e. The Morgan fingerprint density at radius 1 is 1.17 bits per heavy atom. The van der Waals surface area contributed by atoms with Gasteiger partial charge >= 0.3 is 5.97 Å². The fourth-order valence-electron chi connectivity index (χ4n) is 1.95. The molecule has 0 aliphatic heterocycles. The Kier molecular flexibility index (Phi) is 6.08. The zero-order chi connectivity index (χ0) is 18.5. The number of carboxylic acid groups (broad SMARTS) is 1. The molecule has 132 valence electrons. The van der Waals surface area contributed by atoms with Crippen LogP contribution >= 0.6 is 0 Å². The SMILES string of the molecule is CC(C)(CCC(=O)O)NC(=O)c1ccc(S(=O)(=O)CC(N)=O)cc1. The van der Waals surface area contributed by atoms with Crippen LogP contribution in [0.15, 0.2) is 29.2 Å². The molecule has 1 aromatic rings. The van der Waals surface area contributed by atoms with Gasteiger partial charge < -0.3 is 16.2 Å². The van der Waals surface area contributed by atoms with E-state index in [9.17, 15) is 22.8 Å². The largest absolute Gasteiger partial charge is 0.481 e. The van der Waals surface area contributed by atoms with Gasteiger partial charge in [0.05, 0.1) is 4.90 Å². The van der Waals surface area contributed by atoms with Crippen molar-refractivity contribution in [2.75, 3.05) is 5.75 Å². The van der Waals surface area contributed by atoms with Gasteiger partial charge in [0.15, 0.2) is 9.84 Å². The van der Waals surface area contributed by atoms with Gasteiger partial charge in [-0.25, -0.2) is 8.42 Å². The minimum absolute atomic E-state index is 0.0857. The minimum atomic E-state index is -3.83. The second-order valence-electron chi connectivity index (χ2n) is 5.98. The van der Waals surface area contributed by atoms with E-state index in [1.807, 2.05) is 0 Å². The van der Waals surface area contributed by atoms with Crippen molar-refractivity contribution in [3.8, 4) is 0 Å². The van der Waals surface area contributed by atoms with E-state index in [1.54, 1.807) is 13.8 Å². The maximum Gasteiger partial charge on any atom is 0.303 e. The van der Waals surface area contributed by atoms with Gasteiger partial charge in [-0.15, -0.1) is 0 Å². The number of amides is 2. The first-order chi connectivity index (χ1) is 10.9. The number of primary amides is 1. The van der Waals surface area contributed by atoms with Gasteiger partial charge in [-0.1, -0.05) is 0 Å². The van der Waals surface area contributed by atoms with Crippen molar-refractivity contribution in [2.45, 2.75) is 37.1 Å². The van der Waals surface area contributed by atoms with Crippen LogP contribution in [0.3, 0.4) is 0 Å². The van der Waals surface area contributed by atoms with Crippen LogP contribution in [0.4, 0.5) is 0 Å². The Morgan fingerprint density at radius 3 is 2.17 bits per heavy atom. The number of carboxylic acids is 1. The zero-order valence-corrected chi connectivity index (χ0v) is 14.2. The van der Waals surface area contributed by atoms with E-state index in [4.69, 9.17) is 10.8 Å². The van der Waals surface area contributed by atoms with Gasteiger partial charge in [0.25, 0.3) is 5.91 Å². The van der Waals surface area contributed by atoms with Crippen LogP contribution in [0.1, 0.15) is 37.0 Å². The fraction of sp³-hybridized carbons (Fsp3) is 0.400. The molecule has 0 unspecified atom stereocenters. The topological polar surface area (TPSA) is 144 Å². The Hall–Kier alpha value is -2.42. The third-order valence-electron chi connectivity index (χ3n) is 3.22. The first kappa shape index (κ1) is 19.6. The van der Waals surface area contributed by atoms with E-state index in [2.05, 4.69) is 5.32 Å². The van der Waals surface area contributed by atoms with Crippen molar-refractivity contribution in [2.24, 2.45) is 5.73 Å². The second-order valence-corrected chi connectivity index (χ2v) is 7.97. The summed E-state index contributed by atoms with van der Waals surface area (Å²) >= 11 is 0. The summed E-state index contributed by atoms with van der Waals surface area (Å²) in [6.45, 7) is 3.39. The van der Waals surface area contributed by atoms with Gasteiger partial charge in [0.1, 0.15) is 5.75 Å². The third-order valence-corrected chi connectivity index (χ3v) is 4.88. The second kappa shape index (κ2) is 7.43. The highest BCUT2D eigenvalue weighted by Crippen LogP contribution is 2.15. The number of rotatable bonds is 8. The van der Waals surface area contributed by atoms with Gasteiger partial charge in [-0.2, -0.15) is 0 Å². The Morgan fingerprint density at radius 2 is 1.71 bits per heavy atom. The Labute approximate surface area is 140 Å². The molecule has 0 aliphatic carbocycles. The lowest BCUT2D eigenvalue weighted by molar-refractivity contribution is -0.137. The number of carbonyl (C=O) groups is 3. The number of nitrogens with two attached hydrogens (primary N) is 1. The molecule has 0 fully saturated rings. The molecule has 2 amide bonds. The molecule has 0 spiro atoms. The normalized spacial score (nSPS) is 11.8. The van der Waals surface area contributed by atoms with Crippen molar-refractivity contribution in [3.05, 3.63) is 29.8 Å². The van der Waals surface area contributed by atoms with Crippen molar-refractivity contribution in [3.63, 3.8) is 0 Å². The molecule has 0 aromatic heterocycles. The third kappa shape index (κ3) is 5.99. The highest BCUT2D eigenvalue weighted by Gasteiger charge is 2.23. The molecule has 0 saturated heterocycles. The molecular weight excluding hydrogens is 336 g/mol. The van der Waals surface area contributed by atoms with E-state index < -0.39 is 38.9 Å². The van der Waals surface area contributed by atoms with Crippen LogP contribution in [-0.4, -0.2) is 42.6 Å². The van der Waals surface area contributed by atoms with Crippen LogP contribution in [0.2, 0.25) is 0 Å². The molecule has 0 aliphatic rings. The molecule has 8 nitrogen and oxygen atoms in total. The van der Waals surface area contributed by atoms with Gasteiger partial charge in [-0.3, -0.25) is 14.4 Å². The van der Waals surface area contributed by atoms with Gasteiger partial charge in [0.2, 0.25) is 5.91 Å². The van der Waals surface area contributed by atoms with Crippen LogP contribution < -0.4 is 11.1 Å². The molecule has 4 N–H and O–H groups in total. The zero-order valence-electron chi connectivity index (χ0n) is 13.4. The number of nitrogens with one attached hydrogen (secondary N) is 1. The molecule has 1 aromatic carbocycles. The summed E-state index contributed by atoms with van der Waals surface area (Å²) in [7, 11) is -3.83. The van der Waals surface area contributed by atoms with Gasteiger partial charge in [-0.05, 0) is 44.5 Å². The summed E-state index contributed by atoms with van der Waals surface area (Å²) in [5, 5.41) is 11.4. The number of carbonyl (C=O) groups excluding carboxylic acids is 2. The molecule has 0 bridgehead atoms. The quantitative estimate of drug-likeness (QED) is 0.612. The van der Waals surface area contributed by atoms with Crippen LogP contribution in [0, 0.1) is 0 Å². The molecular formula is C15H20N2O6S. The standard InChI is InChI=1S/C15H20N2O6S/c1-15(2,8-7-13(19)20)17-14(21)10-3-5-11(6-4-10)24(22,23)9-12(16)18/h3-6H,7-9H2,1-2H3,(H2,16,18)(H,17,21)(H,19,20). The summed E-state index contributed by atoms with van der Waals surface area (Å²) in [6.07, 6.45) is 0.163. The molecule has 1 rings (SSSR count). The fourth-order valence-corrected chi connectivity index (χ4v) is 3.04. The first-order valence-corrected chi connectivity index (χ1v) is 8.74. The van der Waals surface area contributed by atoms with E-state index >= 15 is 0 Å². The summed E-state index contributed by atoms with van der Waals surface area (Å²) in [4.78, 5) is 33.4. The van der Waals surface area contributed by atoms with Crippen molar-refractivity contribution >= 4 is 27.6 Å². The van der Waals surface area contributed by atoms with Gasteiger partial charge in [0, 0.05) is 17.5 Å². The number of benzene rings is 1. The monoisotopic (exact) mass is 356 g/mol. The lowest BCUT2D eigenvalue weighted by Crippen LogP contribution is -2.43. The average molecular weight is 356 g/mol. The number of hydrogen-bond acceptors (Lipinski definition) is 5. The van der Waals surface area contributed by atoms with E-state index in [0.717, 1.165) is 0 Å². The average Bonchev–Trinajstić information content (AvgIpc) is 2.43. The molecule has 24 heavy (non-hydrogen) atoms. The minimum Gasteiger partial charge on any atom is -0.481 e. The molecule has 0 radical (unpaired) electrons. The molecule has 0 heterocycles. The molecule has 0 saturated carbocycles. The maximum atomic E-state index is 12.2. The number of hydrogen-bond donors (Lipinski definition) is 3. The number of aliphatic carboxylic acids is 1. The molecule has 0 atom stereocenters. The first-order valence-electron chi connectivity index (χ1n) is 7.08. The summed E-state index contributed by atoms with van der Waals surface area (Å²) in [5.74, 6) is -3.18. The molecule has 9 heteroatoms. The summed E-state index contributed by atoms with van der Waals surface area (Å²) < 4.78 is 23.7. The predicted octanol–water partition coefficient (Wildman–Crippen LogP) is 0.319. The summed E-state index contributed by atoms with van der Waals surface area (Å²) in [6, 6.07) is 5.07. The van der Waals surface area contributed by atoms with Crippen molar-refractivity contribution in [1.82, 2.24) is 5.32 Å². The highest BCUT2D eigenvalue weighted by atomic mass is 32.2. The van der Waals surface area contributed by atoms with E-state index in [1.165, 1.54) is 24.3 Å². The van der Waals surface area contributed by atoms with Crippen LogP contribution in [-0.2, 0) is 19.4 Å². The Balaban J connectivity index is 2.84. The summed E-state index contributed by atoms with van der Waals surface area (Å²) in [5.41, 5.74) is 4.38. The van der Waals surface area contributed by atoms with Crippen molar-refractivity contribution < 1.29 is 27.9 Å².